The maximum absolute atomic E-state index is 12.2. The van der Waals surface area contributed by atoms with Gasteiger partial charge in [-0.25, -0.2) is 0 Å². The van der Waals surface area contributed by atoms with Crippen LogP contribution in [0.25, 0.3) is 0 Å². The van der Waals surface area contributed by atoms with Gasteiger partial charge >= 0.3 is 0 Å². The van der Waals surface area contributed by atoms with E-state index >= 15 is 0 Å². The van der Waals surface area contributed by atoms with Crippen LogP contribution in [0.4, 0.5) is 5.69 Å². The highest BCUT2D eigenvalue weighted by molar-refractivity contribution is 6.32. The van der Waals surface area contributed by atoms with Crippen molar-refractivity contribution in [1.82, 2.24) is 0 Å². The maximum Gasteiger partial charge on any atom is 0.259 e. The van der Waals surface area contributed by atoms with Gasteiger partial charge in [0.15, 0.2) is 0 Å². The zero-order valence-electron chi connectivity index (χ0n) is 10.5. The number of carbonyl (C=O) groups excluding carboxylic acids is 1. The van der Waals surface area contributed by atoms with Gasteiger partial charge in [0.05, 0.1) is 17.7 Å². The Kier molecular flexibility index (Phi) is 4.37. The van der Waals surface area contributed by atoms with Gasteiger partial charge in [-0.15, -0.1) is 0 Å². The van der Waals surface area contributed by atoms with E-state index in [1.54, 1.807) is 12.1 Å². The van der Waals surface area contributed by atoms with E-state index in [2.05, 4.69) is 5.32 Å². The molecular weight excluding hydrogens is 301 g/mol. The maximum atomic E-state index is 12.2. The third kappa shape index (κ3) is 3.15. The van der Waals surface area contributed by atoms with E-state index in [0.29, 0.717) is 22.0 Å². The molecule has 0 radical (unpaired) electrons. The Balaban J connectivity index is 2.27. The van der Waals surface area contributed by atoms with Gasteiger partial charge in [0.2, 0.25) is 0 Å². The average Bonchev–Trinajstić information content (AvgIpc) is 2.43. The lowest BCUT2D eigenvalue weighted by atomic mass is 10.2. The van der Waals surface area contributed by atoms with Crippen LogP contribution in [0.2, 0.25) is 10.0 Å². The first-order valence-corrected chi connectivity index (χ1v) is 6.40. The van der Waals surface area contributed by atoms with Gasteiger partial charge in [-0.05, 0) is 36.4 Å². The third-order valence-electron chi connectivity index (χ3n) is 2.61. The summed E-state index contributed by atoms with van der Waals surface area (Å²) in [6, 6.07) is 9.14. The summed E-state index contributed by atoms with van der Waals surface area (Å²) in [5.41, 5.74) is 0.768. The highest BCUT2D eigenvalue weighted by Crippen LogP contribution is 2.28. The molecule has 0 fully saturated rings. The summed E-state index contributed by atoms with van der Waals surface area (Å²) in [7, 11) is 1.47. The van der Waals surface area contributed by atoms with E-state index in [1.807, 2.05) is 0 Å². The van der Waals surface area contributed by atoms with Crippen LogP contribution < -0.4 is 10.1 Å². The number of aromatic hydroxyl groups is 1. The van der Waals surface area contributed by atoms with Crippen LogP contribution in [-0.2, 0) is 0 Å². The van der Waals surface area contributed by atoms with E-state index in [9.17, 15) is 9.90 Å². The van der Waals surface area contributed by atoms with Crippen molar-refractivity contribution in [1.29, 1.82) is 0 Å². The molecular formula is C14H11Cl2NO3. The monoisotopic (exact) mass is 311 g/mol. The number of ether oxygens (including phenoxy) is 1. The van der Waals surface area contributed by atoms with Crippen LogP contribution in [0, 0.1) is 0 Å². The van der Waals surface area contributed by atoms with Crippen molar-refractivity contribution in [3.8, 4) is 11.5 Å². The molecule has 0 aliphatic heterocycles. The van der Waals surface area contributed by atoms with Crippen molar-refractivity contribution < 1.29 is 14.6 Å². The van der Waals surface area contributed by atoms with Crippen molar-refractivity contribution in [3.05, 3.63) is 52.0 Å². The number of phenolic OH excluding ortho intramolecular Hbond substituents is 1. The van der Waals surface area contributed by atoms with Crippen molar-refractivity contribution >= 4 is 34.8 Å². The van der Waals surface area contributed by atoms with E-state index in [-0.39, 0.29) is 16.7 Å². The molecule has 2 aromatic rings. The summed E-state index contributed by atoms with van der Waals surface area (Å²) >= 11 is 11.7. The Morgan fingerprint density at radius 3 is 2.60 bits per heavy atom. The first-order valence-electron chi connectivity index (χ1n) is 5.64. The molecule has 6 heteroatoms. The zero-order valence-corrected chi connectivity index (χ0v) is 12.0. The Bertz CT molecular complexity index is 659. The van der Waals surface area contributed by atoms with Gasteiger partial charge < -0.3 is 15.2 Å². The largest absolute Gasteiger partial charge is 0.506 e. The van der Waals surface area contributed by atoms with Gasteiger partial charge in [0.25, 0.3) is 5.91 Å². The van der Waals surface area contributed by atoms with Gasteiger partial charge in [-0.3, -0.25) is 4.79 Å². The summed E-state index contributed by atoms with van der Waals surface area (Å²) < 4.78 is 5.12. The number of anilines is 1. The molecule has 0 heterocycles. The predicted molar refractivity (Wildman–Crippen MR) is 79.1 cm³/mol. The lowest BCUT2D eigenvalue weighted by molar-refractivity contribution is 0.102. The van der Waals surface area contributed by atoms with E-state index in [0.717, 1.165) is 0 Å². The number of methoxy groups -OCH3 is 1. The molecule has 0 bridgehead atoms. The van der Waals surface area contributed by atoms with Gasteiger partial charge in [-0.2, -0.15) is 0 Å². The average molecular weight is 312 g/mol. The number of carbonyl (C=O) groups is 1. The normalized spacial score (nSPS) is 10.2. The fourth-order valence-corrected chi connectivity index (χ4v) is 1.99. The second kappa shape index (κ2) is 6.03. The SMILES string of the molecule is COc1ccc(Cl)cc1C(=O)Nc1ccc(O)c(Cl)c1. The smallest absolute Gasteiger partial charge is 0.259 e. The standard InChI is InChI=1S/C14H11Cl2NO3/c1-20-13-5-2-8(15)6-10(13)14(19)17-9-3-4-12(18)11(16)7-9/h2-7,18H,1H3,(H,17,19). The molecule has 0 aliphatic rings. The molecule has 4 nitrogen and oxygen atoms in total. The quantitative estimate of drug-likeness (QED) is 0.843. The predicted octanol–water partition coefficient (Wildman–Crippen LogP) is 3.96. The second-order valence-electron chi connectivity index (χ2n) is 3.96. The minimum atomic E-state index is -0.383. The van der Waals surface area contributed by atoms with Crippen LogP contribution in [-0.4, -0.2) is 18.1 Å². The molecule has 20 heavy (non-hydrogen) atoms. The van der Waals surface area contributed by atoms with Crippen LogP contribution >= 0.6 is 23.2 Å². The number of halogens is 2. The molecule has 104 valence electrons. The first-order chi connectivity index (χ1) is 9.51. The lowest BCUT2D eigenvalue weighted by Crippen LogP contribution is -2.13. The first kappa shape index (κ1) is 14.5. The van der Waals surface area contributed by atoms with Gasteiger partial charge in [0, 0.05) is 10.7 Å². The molecule has 0 spiro atoms. The van der Waals surface area contributed by atoms with Crippen LogP contribution in [0.1, 0.15) is 10.4 Å². The summed E-state index contributed by atoms with van der Waals surface area (Å²) in [6.45, 7) is 0. The highest BCUT2D eigenvalue weighted by Gasteiger charge is 2.13. The fourth-order valence-electron chi connectivity index (χ4n) is 1.64. The lowest BCUT2D eigenvalue weighted by Gasteiger charge is -2.10. The summed E-state index contributed by atoms with van der Waals surface area (Å²) in [5, 5.41) is 12.6. The second-order valence-corrected chi connectivity index (χ2v) is 4.81. The van der Waals surface area contributed by atoms with Crippen molar-refractivity contribution in [2.75, 3.05) is 12.4 Å². The molecule has 0 aliphatic carbocycles. The van der Waals surface area contributed by atoms with Gasteiger partial charge in [0.1, 0.15) is 11.5 Å². The number of hydrogen-bond acceptors (Lipinski definition) is 3. The third-order valence-corrected chi connectivity index (χ3v) is 3.15. The van der Waals surface area contributed by atoms with Crippen molar-refractivity contribution in [3.63, 3.8) is 0 Å². The van der Waals surface area contributed by atoms with Crippen LogP contribution in [0.15, 0.2) is 36.4 Å². The number of benzene rings is 2. The minimum Gasteiger partial charge on any atom is -0.506 e. The molecule has 0 unspecified atom stereocenters. The topological polar surface area (TPSA) is 58.6 Å². The molecule has 1 amide bonds. The van der Waals surface area contributed by atoms with E-state index in [4.69, 9.17) is 27.9 Å². The van der Waals surface area contributed by atoms with Crippen LogP contribution in [0.5, 0.6) is 11.5 Å². The zero-order chi connectivity index (χ0) is 14.7. The van der Waals surface area contributed by atoms with Gasteiger partial charge in [-0.1, -0.05) is 23.2 Å². The number of nitrogens with one attached hydrogen (secondary N) is 1. The molecule has 2 rings (SSSR count). The summed E-state index contributed by atoms with van der Waals surface area (Å²) in [4.78, 5) is 12.2. The van der Waals surface area contributed by atoms with E-state index in [1.165, 1.54) is 31.4 Å². The minimum absolute atomic E-state index is 0.0509. The molecule has 0 saturated carbocycles. The number of phenols is 1. The van der Waals surface area contributed by atoms with Crippen LogP contribution in [0.3, 0.4) is 0 Å². The molecule has 0 saturated heterocycles. The molecule has 0 aromatic heterocycles. The summed E-state index contributed by atoms with van der Waals surface area (Å²) in [6.07, 6.45) is 0. The Morgan fingerprint density at radius 2 is 1.95 bits per heavy atom. The highest BCUT2D eigenvalue weighted by atomic mass is 35.5. The van der Waals surface area contributed by atoms with Crippen molar-refractivity contribution in [2.45, 2.75) is 0 Å². The Labute approximate surface area is 125 Å². The number of rotatable bonds is 3. The summed E-state index contributed by atoms with van der Waals surface area (Å²) in [5.74, 6) is -0.0205. The fraction of sp³-hybridized carbons (Fsp3) is 0.0714. The number of amides is 1. The van der Waals surface area contributed by atoms with E-state index < -0.39 is 0 Å². The molecule has 2 aromatic carbocycles. The molecule has 0 atom stereocenters. The van der Waals surface area contributed by atoms with Crippen molar-refractivity contribution in [2.24, 2.45) is 0 Å². The Hall–Kier alpha value is -1.91. The number of hydrogen-bond donors (Lipinski definition) is 2. The Morgan fingerprint density at radius 1 is 1.20 bits per heavy atom. The molecule has 2 N–H and O–H groups in total.